The lowest BCUT2D eigenvalue weighted by atomic mass is 10.1. The first-order valence-electron chi connectivity index (χ1n) is 9.54. The highest BCUT2D eigenvalue weighted by molar-refractivity contribution is 8.02. The molecule has 8 heteroatoms. The minimum absolute atomic E-state index is 0.0126. The molecule has 1 fully saturated rings. The van der Waals surface area contributed by atoms with Gasteiger partial charge in [0, 0.05) is 11.5 Å². The van der Waals surface area contributed by atoms with Crippen molar-refractivity contribution in [1.82, 2.24) is 9.88 Å². The van der Waals surface area contributed by atoms with Crippen molar-refractivity contribution in [2.24, 2.45) is 0 Å². The number of hydrogen-bond acceptors (Lipinski definition) is 7. The lowest BCUT2D eigenvalue weighted by Crippen LogP contribution is -2.54. The Balaban J connectivity index is 1.36. The van der Waals surface area contributed by atoms with Crippen molar-refractivity contribution in [2.45, 2.75) is 22.7 Å². The fourth-order valence-electron chi connectivity index (χ4n) is 3.43. The SMILES string of the molecule is O=C(OCc1ccccc1)C1=C(CSc2nc3ccccc3s2)CS[C@@H]2CC(=O)N12. The van der Waals surface area contributed by atoms with E-state index in [9.17, 15) is 9.59 Å². The zero-order chi connectivity index (χ0) is 20.5. The molecule has 0 aliphatic carbocycles. The third kappa shape index (κ3) is 3.87. The van der Waals surface area contributed by atoms with Gasteiger partial charge in [-0.1, -0.05) is 54.2 Å². The molecule has 5 rings (SSSR count). The number of amides is 1. The molecule has 1 saturated heterocycles. The molecule has 0 spiro atoms. The van der Waals surface area contributed by atoms with Crippen LogP contribution in [0.15, 0.2) is 70.2 Å². The first-order valence-corrected chi connectivity index (χ1v) is 12.4. The smallest absolute Gasteiger partial charge is 0.355 e. The van der Waals surface area contributed by atoms with Crippen molar-refractivity contribution < 1.29 is 14.3 Å². The van der Waals surface area contributed by atoms with Gasteiger partial charge >= 0.3 is 5.97 Å². The summed E-state index contributed by atoms with van der Waals surface area (Å²) in [6, 6.07) is 17.6. The largest absolute Gasteiger partial charge is 0.456 e. The number of β-lactam (4-membered cyclic amide) rings is 1. The zero-order valence-corrected chi connectivity index (χ0v) is 18.4. The van der Waals surface area contributed by atoms with E-state index in [1.165, 1.54) is 0 Å². The Bertz CT molecular complexity index is 1110. The van der Waals surface area contributed by atoms with Gasteiger partial charge < -0.3 is 4.74 Å². The summed E-state index contributed by atoms with van der Waals surface area (Å²) < 4.78 is 7.68. The normalized spacial score (nSPS) is 18.3. The van der Waals surface area contributed by atoms with Crippen molar-refractivity contribution in [3.8, 4) is 0 Å². The molecule has 0 unspecified atom stereocenters. The Morgan fingerprint density at radius 3 is 2.77 bits per heavy atom. The van der Waals surface area contributed by atoms with Crippen molar-refractivity contribution in [3.63, 3.8) is 0 Å². The second-order valence-electron chi connectivity index (χ2n) is 6.98. The van der Waals surface area contributed by atoms with Crippen LogP contribution in [0.4, 0.5) is 0 Å². The summed E-state index contributed by atoms with van der Waals surface area (Å²) in [4.78, 5) is 31.5. The van der Waals surface area contributed by atoms with E-state index in [0.29, 0.717) is 17.9 Å². The van der Waals surface area contributed by atoms with Gasteiger partial charge in [0.15, 0.2) is 4.34 Å². The van der Waals surface area contributed by atoms with Crippen LogP contribution in [0.2, 0.25) is 0 Å². The average molecular weight is 455 g/mol. The summed E-state index contributed by atoms with van der Waals surface area (Å²) in [6.07, 6.45) is 0.485. The Morgan fingerprint density at radius 2 is 1.97 bits per heavy atom. The van der Waals surface area contributed by atoms with Crippen molar-refractivity contribution in [2.75, 3.05) is 11.5 Å². The maximum Gasteiger partial charge on any atom is 0.355 e. The number of rotatable bonds is 6. The molecule has 0 radical (unpaired) electrons. The molecule has 30 heavy (non-hydrogen) atoms. The molecule has 2 aromatic carbocycles. The van der Waals surface area contributed by atoms with Gasteiger partial charge in [-0.25, -0.2) is 9.78 Å². The van der Waals surface area contributed by atoms with E-state index >= 15 is 0 Å². The first kappa shape index (κ1) is 19.7. The number of carbonyl (C=O) groups excluding carboxylic acids is 2. The van der Waals surface area contributed by atoms with Gasteiger partial charge in [-0.2, -0.15) is 0 Å². The maximum atomic E-state index is 13.0. The number of para-hydroxylation sites is 1. The summed E-state index contributed by atoms with van der Waals surface area (Å²) >= 11 is 4.96. The van der Waals surface area contributed by atoms with Crippen molar-refractivity contribution in [1.29, 1.82) is 0 Å². The van der Waals surface area contributed by atoms with Gasteiger partial charge in [-0.3, -0.25) is 9.69 Å². The van der Waals surface area contributed by atoms with Gasteiger partial charge in [0.1, 0.15) is 12.3 Å². The van der Waals surface area contributed by atoms with Crippen molar-refractivity contribution in [3.05, 3.63) is 71.4 Å². The van der Waals surface area contributed by atoms with Gasteiger partial charge in [0.2, 0.25) is 5.91 Å². The van der Waals surface area contributed by atoms with E-state index in [2.05, 4.69) is 11.1 Å². The lowest BCUT2D eigenvalue weighted by Gasteiger charge is -2.44. The monoisotopic (exact) mass is 454 g/mol. The van der Waals surface area contributed by atoms with Crippen LogP contribution in [-0.4, -0.2) is 38.6 Å². The number of aromatic nitrogens is 1. The topological polar surface area (TPSA) is 59.5 Å². The quantitative estimate of drug-likeness (QED) is 0.306. The number of benzene rings is 2. The maximum absolute atomic E-state index is 13.0. The van der Waals surface area contributed by atoms with Crippen molar-refractivity contribution >= 4 is 57.0 Å². The van der Waals surface area contributed by atoms with Gasteiger partial charge in [0.05, 0.1) is 22.0 Å². The van der Waals surface area contributed by atoms with E-state index in [1.807, 2.05) is 48.5 Å². The molecule has 152 valence electrons. The Kier molecular flexibility index (Phi) is 5.54. The summed E-state index contributed by atoms with van der Waals surface area (Å²) in [5.41, 5.74) is 3.28. The molecule has 2 aliphatic heterocycles. The molecule has 2 aliphatic rings. The van der Waals surface area contributed by atoms with Crippen LogP contribution in [0.1, 0.15) is 12.0 Å². The van der Waals surface area contributed by atoms with Gasteiger partial charge in [-0.05, 0) is 23.3 Å². The van der Waals surface area contributed by atoms with E-state index in [0.717, 1.165) is 31.4 Å². The molecule has 0 N–H and O–H groups in total. The number of ether oxygens (including phenoxy) is 1. The number of esters is 1. The number of nitrogens with zero attached hydrogens (tertiary/aromatic N) is 2. The average Bonchev–Trinajstić information content (AvgIpc) is 3.19. The second kappa shape index (κ2) is 8.45. The molecule has 0 bridgehead atoms. The fourth-order valence-corrected chi connectivity index (χ4v) is 6.90. The lowest BCUT2D eigenvalue weighted by molar-refractivity contribution is -0.150. The molecule has 3 heterocycles. The summed E-state index contributed by atoms with van der Waals surface area (Å²) in [6.45, 7) is 0.196. The number of thiazole rings is 1. The van der Waals surface area contributed by atoms with Crippen LogP contribution < -0.4 is 0 Å². The fraction of sp³-hybridized carbons (Fsp3) is 0.227. The van der Waals surface area contributed by atoms with E-state index in [-0.39, 0.29) is 17.9 Å². The van der Waals surface area contributed by atoms with E-state index in [1.54, 1.807) is 39.8 Å². The summed E-state index contributed by atoms with van der Waals surface area (Å²) in [5.74, 6) is 0.903. The highest BCUT2D eigenvalue weighted by Gasteiger charge is 2.45. The zero-order valence-electron chi connectivity index (χ0n) is 15.9. The van der Waals surface area contributed by atoms with Gasteiger partial charge in [0.25, 0.3) is 0 Å². The van der Waals surface area contributed by atoms with E-state index < -0.39 is 5.97 Å². The van der Waals surface area contributed by atoms with Gasteiger partial charge in [-0.15, -0.1) is 23.1 Å². The number of carbonyl (C=O) groups is 2. The third-order valence-electron chi connectivity index (χ3n) is 4.98. The molecular formula is C22H18N2O3S3. The summed E-state index contributed by atoms with van der Waals surface area (Å²) in [7, 11) is 0. The first-order chi connectivity index (χ1) is 14.7. The Labute approximate surface area is 186 Å². The Hall–Kier alpha value is -2.29. The van der Waals surface area contributed by atoms with Crippen LogP contribution in [-0.2, 0) is 20.9 Å². The second-order valence-corrected chi connectivity index (χ2v) is 10.4. The minimum atomic E-state index is -0.419. The van der Waals surface area contributed by atoms with Crippen LogP contribution in [0, 0.1) is 0 Å². The molecular weight excluding hydrogens is 436 g/mol. The molecule has 0 saturated carbocycles. The van der Waals surface area contributed by atoms with Crippen LogP contribution in [0.5, 0.6) is 0 Å². The highest BCUT2D eigenvalue weighted by atomic mass is 32.2. The standard InChI is InChI=1S/C22H18N2O3S3/c25-18-10-19-24(18)20(21(26)27-11-14-6-2-1-3-7-14)15(12-28-19)13-29-22-23-16-8-4-5-9-17(16)30-22/h1-9,19H,10-13H2/t19-/m1/s1. The predicted molar refractivity (Wildman–Crippen MR) is 121 cm³/mol. The summed E-state index contributed by atoms with van der Waals surface area (Å²) in [5, 5.41) is 0.0491. The van der Waals surface area contributed by atoms with Crippen LogP contribution in [0.3, 0.4) is 0 Å². The number of hydrogen-bond donors (Lipinski definition) is 0. The van der Waals surface area contributed by atoms with Crippen LogP contribution >= 0.6 is 34.9 Å². The molecule has 1 atom stereocenters. The molecule has 1 aromatic heterocycles. The number of thioether (sulfide) groups is 2. The Morgan fingerprint density at radius 1 is 1.17 bits per heavy atom. The van der Waals surface area contributed by atoms with Crippen LogP contribution in [0.25, 0.3) is 10.2 Å². The molecule has 5 nitrogen and oxygen atoms in total. The third-order valence-corrected chi connectivity index (χ3v) is 8.52. The highest BCUT2D eigenvalue weighted by Crippen LogP contribution is 2.42. The minimum Gasteiger partial charge on any atom is -0.456 e. The molecule has 3 aromatic rings. The molecule has 1 amide bonds. The van der Waals surface area contributed by atoms with E-state index in [4.69, 9.17) is 4.74 Å². The predicted octanol–water partition coefficient (Wildman–Crippen LogP) is 4.69. The number of fused-ring (bicyclic) bond motifs is 2.